The molecule has 2 heterocycles. The molecule has 35 heavy (non-hydrogen) atoms. The van der Waals surface area contributed by atoms with E-state index in [1.165, 1.54) is 37.0 Å². The lowest BCUT2D eigenvalue weighted by atomic mass is 9.73. The van der Waals surface area contributed by atoms with Crippen LogP contribution in [0.3, 0.4) is 0 Å². The highest BCUT2D eigenvalue weighted by Gasteiger charge is 2.40. The maximum absolute atomic E-state index is 13.4. The van der Waals surface area contributed by atoms with E-state index in [0.29, 0.717) is 47.2 Å². The van der Waals surface area contributed by atoms with Crippen molar-refractivity contribution in [3.05, 3.63) is 56.2 Å². The Balaban J connectivity index is 1.49. The monoisotopic (exact) mass is 481 g/mol. The van der Waals surface area contributed by atoms with E-state index in [-0.39, 0.29) is 17.4 Å². The number of hydrogen-bond acceptors (Lipinski definition) is 7. The van der Waals surface area contributed by atoms with Crippen molar-refractivity contribution in [1.82, 2.24) is 14.9 Å². The molecule has 0 bridgehead atoms. The first-order valence-electron chi connectivity index (χ1n) is 11.9. The fourth-order valence-corrected chi connectivity index (χ4v) is 5.93. The molecule has 1 unspecified atom stereocenters. The first-order valence-corrected chi connectivity index (χ1v) is 11.9. The fourth-order valence-electron chi connectivity index (χ4n) is 5.93. The molecule has 1 saturated heterocycles. The SMILES string of the molecule is COc1cccc2c1CC[C@H]1CNC(CCn3c(=O)[nH]c4c(OC)c(OC)c(OC)cc4c3=O)[C@@H]21. The van der Waals surface area contributed by atoms with Gasteiger partial charge in [0.1, 0.15) is 11.3 Å². The van der Waals surface area contributed by atoms with Gasteiger partial charge in [-0.2, -0.15) is 0 Å². The van der Waals surface area contributed by atoms with Gasteiger partial charge in [0.05, 0.1) is 33.8 Å². The van der Waals surface area contributed by atoms with E-state index in [2.05, 4.69) is 16.4 Å². The lowest BCUT2D eigenvalue weighted by Gasteiger charge is -2.32. The minimum atomic E-state index is -0.478. The van der Waals surface area contributed by atoms with Crippen LogP contribution in [0, 0.1) is 5.92 Å². The van der Waals surface area contributed by atoms with E-state index < -0.39 is 5.69 Å². The maximum atomic E-state index is 13.4. The lowest BCUT2D eigenvalue weighted by Crippen LogP contribution is -2.38. The van der Waals surface area contributed by atoms with Gasteiger partial charge in [-0.1, -0.05) is 12.1 Å². The Morgan fingerprint density at radius 1 is 1.00 bits per heavy atom. The van der Waals surface area contributed by atoms with Crippen LogP contribution in [0.1, 0.15) is 29.9 Å². The van der Waals surface area contributed by atoms with Crippen LogP contribution in [-0.4, -0.2) is 50.6 Å². The number of rotatable bonds is 7. The predicted octanol–water partition coefficient (Wildman–Crippen LogP) is 2.43. The first-order chi connectivity index (χ1) is 17.0. The van der Waals surface area contributed by atoms with Gasteiger partial charge in [-0.05, 0) is 55.0 Å². The number of fused-ring (bicyclic) bond motifs is 4. The molecule has 1 aliphatic carbocycles. The second-order valence-electron chi connectivity index (χ2n) is 9.11. The highest BCUT2D eigenvalue weighted by Crippen LogP contribution is 2.45. The van der Waals surface area contributed by atoms with Crippen molar-refractivity contribution >= 4 is 10.9 Å². The Hall–Kier alpha value is -3.46. The molecule has 1 fully saturated rings. The molecule has 9 heteroatoms. The largest absolute Gasteiger partial charge is 0.496 e. The van der Waals surface area contributed by atoms with E-state index in [9.17, 15) is 9.59 Å². The van der Waals surface area contributed by atoms with E-state index in [0.717, 1.165) is 25.1 Å². The maximum Gasteiger partial charge on any atom is 0.328 e. The van der Waals surface area contributed by atoms with E-state index in [1.807, 2.05) is 12.1 Å². The molecular formula is C26H31N3O6. The normalized spacial score (nSPS) is 20.9. The second-order valence-corrected chi connectivity index (χ2v) is 9.11. The Labute approximate surface area is 203 Å². The number of aromatic nitrogens is 2. The summed E-state index contributed by atoms with van der Waals surface area (Å²) in [5, 5.41) is 3.96. The van der Waals surface area contributed by atoms with Crippen molar-refractivity contribution < 1.29 is 18.9 Å². The van der Waals surface area contributed by atoms with E-state index in [1.54, 1.807) is 13.2 Å². The number of benzene rings is 2. The molecular weight excluding hydrogens is 450 g/mol. The standard InChI is InChI=1S/C26H31N3O6/c1-32-19-7-5-6-16-15(19)9-8-14-13-27-18(21(14)16)10-11-29-25(30)17-12-20(33-2)23(34-3)24(35-4)22(17)28-26(29)31/h5-7,12,14,18,21,27H,8-11,13H2,1-4H3,(H,28,31)/t14-,18?,21+/m0/s1. The molecule has 9 nitrogen and oxygen atoms in total. The predicted molar refractivity (Wildman–Crippen MR) is 132 cm³/mol. The van der Waals surface area contributed by atoms with Gasteiger partial charge in [-0.25, -0.2) is 4.79 Å². The second kappa shape index (κ2) is 9.30. The Kier molecular flexibility index (Phi) is 6.19. The molecule has 1 aromatic heterocycles. The van der Waals surface area contributed by atoms with Gasteiger partial charge in [0.25, 0.3) is 5.56 Å². The fraction of sp³-hybridized carbons (Fsp3) is 0.462. The summed E-state index contributed by atoms with van der Waals surface area (Å²) in [6.07, 6.45) is 2.75. The summed E-state index contributed by atoms with van der Waals surface area (Å²) >= 11 is 0. The molecule has 2 N–H and O–H groups in total. The smallest absolute Gasteiger partial charge is 0.328 e. The average Bonchev–Trinajstić information content (AvgIpc) is 3.30. The van der Waals surface area contributed by atoms with Crippen LogP contribution in [0.5, 0.6) is 23.0 Å². The third kappa shape index (κ3) is 3.74. The highest BCUT2D eigenvalue weighted by atomic mass is 16.5. The van der Waals surface area contributed by atoms with Gasteiger partial charge in [0.15, 0.2) is 11.5 Å². The molecule has 1 aliphatic heterocycles. The van der Waals surface area contributed by atoms with Crippen LogP contribution in [0.4, 0.5) is 0 Å². The first kappa shape index (κ1) is 23.3. The highest BCUT2D eigenvalue weighted by molar-refractivity contribution is 5.89. The van der Waals surface area contributed by atoms with Crippen LogP contribution >= 0.6 is 0 Å². The number of nitrogens with zero attached hydrogens (tertiary/aromatic N) is 1. The van der Waals surface area contributed by atoms with E-state index >= 15 is 0 Å². The molecule has 0 radical (unpaired) electrons. The Morgan fingerprint density at radius 3 is 2.49 bits per heavy atom. The van der Waals surface area contributed by atoms with Crippen molar-refractivity contribution in [1.29, 1.82) is 0 Å². The lowest BCUT2D eigenvalue weighted by molar-refractivity contribution is 0.326. The summed E-state index contributed by atoms with van der Waals surface area (Å²) < 4.78 is 23.1. The van der Waals surface area contributed by atoms with Crippen molar-refractivity contribution in [2.24, 2.45) is 5.92 Å². The zero-order valence-electron chi connectivity index (χ0n) is 20.5. The molecule has 186 valence electrons. The minimum Gasteiger partial charge on any atom is -0.496 e. The third-order valence-electron chi connectivity index (χ3n) is 7.54. The molecule has 2 aliphatic rings. The summed E-state index contributed by atoms with van der Waals surface area (Å²) in [5.74, 6) is 2.74. The van der Waals surface area contributed by atoms with Crippen LogP contribution in [0.25, 0.3) is 10.9 Å². The van der Waals surface area contributed by atoms with Gasteiger partial charge < -0.3 is 29.2 Å². The minimum absolute atomic E-state index is 0.160. The summed E-state index contributed by atoms with van der Waals surface area (Å²) in [6, 6.07) is 7.99. The number of hydrogen-bond donors (Lipinski definition) is 2. The van der Waals surface area contributed by atoms with Crippen molar-refractivity contribution in [2.75, 3.05) is 35.0 Å². The van der Waals surface area contributed by atoms with Crippen LogP contribution in [0.15, 0.2) is 33.9 Å². The van der Waals surface area contributed by atoms with Gasteiger partial charge in [0, 0.05) is 18.5 Å². The van der Waals surface area contributed by atoms with Crippen molar-refractivity contribution in [3.8, 4) is 23.0 Å². The molecule has 3 atom stereocenters. The summed E-state index contributed by atoms with van der Waals surface area (Å²) in [6.45, 7) is 1.23. The zero-order chi connectivity index (χ0) is 24.7. The van der Waals surface area contributed by atoms with Gasteiger partial charge in [-0.15, -0.1) is 0 Å². The zero-order valence-corrected chi connectivity index (χ0v) is 20.5. The Morgan fingerprint density at radius 2 is 1.77 bits per heavy atom. The molecule has 3 aromatic rings. The van der Waals surface area contributed by atoms with E-state index in [4.69, 9.17) is 18.9 Å². The molecule has 0 spiro atoms. The third-order valence-corrected chi connectivity index (χ3v) is 7.54. The van der Waals surface area contributed by atoms with Crippen molar-refractivity contribution in [3.63, 3.8) is 0 Å². The molecule has 5 rings (SSSR count). The number of methoxy groups -OCH3 is 4. The summed E-state index contributed by atoms with van der Waals surface area (Å²) in [7, 11) is 6.14. The van der Waals surface area contributed by atoms with Crippen LogP contribution < -0.4 is 35.5 Å². The van der Waals surface area contributed by atoms with Crippen LogP contribution in [-0.2, 0) is 13.0 Å². The Bertz CT molecular complexity index is 1380. The van der Waals surface area contributed by atoms with Gasteiger partial charge in [-0.3, -0.25) is 9.36 Å². The quantitative estimate of drug-likeness (QED) is 0.534. The average molecular weight is 482 g/mol. The summed E-state index contributed by atoms with van der Waals surface area (Å²) in [4.78, 5) is 29.2. The van der Waals surface area contributed by atoms with Gasteiger partial charge >= 0.3 is 5.69 Å². The number of nitrogens with one attached hydrogen (secondary N) is 2. The van der Waals surface area contributed by atoms with Crippen molar-refractivity contribution in [2.45, 2.75) is 37.8 Å². The number of ether oxygens (including phenoxy) is 4. The number of H-pyrrole nitrogens is 1. The molecule has 0 amide bonds. The summed E-state index contributed by atoms with van der Waals surface area (Å²) in [5.41, 5.74) is 2.02. The van der Waals surface area contributed by atoms with Crippen LogP contribution in [0.2, 0.25) is 0 Å². The number of aromatic amines is 1. The molecule has 2 aromatic carbocycles. The van der Waals surface area contributed by atoms with Gasteiger partial charge in [0.2, 0.25) is 5.75 Å². The topological polar surface area (TPSA) is 104 Å². The molecule has 0 saturated carbocycles.